The van der Waals surface area contributed by atoms with E-state index >= 15 is 0 Å². The molecule has 0 spiro atoms. The number of hydrogen-bond donors (Lipinski definition) is 2. The molecule has 0 aliphatic carbocycles. The molecular weight excluding hydrogens is 1970 g/mol. The Kier molecular flexibility index (Phi) is 47.4. The molecule has 0 heterocycles. The third-order valence-electron chi connectivity index (χ3n) is 24.3. The van der Waals surface area contributed by atoms with Gasteiger partial charge in [0.15, 0.2) is 0 Å². The predicted molar refractivity (Wildman–Crippen MR) is 618 cm³/mol. The molecule has 0 aliphatic heterocycles. The van der Waals surface area contributed by atoms with Gasteiger partial charge in [0.2, 0.25) is 0 Å². The van der Waals surface area contributed by atoms with Crippen LogP contribution < -0.4 is 23.7 Å². The largest absolute Gasteiger partial charge is 0.492 e. The van der Waals surface area contributed by atoms with Crippen LogP contribution in [0.1, 0.15) is 139 Å². The second-order valence-corrected chi connectivity index (χ2v) is 36.7. The molecule has 2 unspecified atom stereocenters. The van der Waals surface area contributed by atoms with Gasteiger partial charge in [0.05, 0.1) is 32.3 Å². The molecular formula is C132H124BrCl5O8. The van der Waals surface area contributed by atoms with E-state index in [9.17, 15) is 0 Å². The first-order valence-corrected chi connectivity index (χ1v) is 53.3. The SMILES string of the molecule is ClCC/C(=C(\c1ccccc1)c1ccc(OCCOCc2ccccc2)cc1)c1ccccc1.ClCC/C(=C(\c1ccccc1)c1ccc(OCc2ccccc2)cc1)c1ccccc1.ClCCOc1ccc(/C(=C(/CCCl)c2ccccc2)c2ccccc2)cc1.OCCOc1ccc(/C(=C(/CCBr)c2ccccc2)c2ccccc2)cc1.OCCOc1ccc(C(c2ccccc2)C(CCCl)c2ccccc2)cc1. The minimum atomic E-state index is 0.0141. The maximum Gasteiger partial charge on any atom is 0.119 e. The fourth-order valence-electron chi connectivity index (χ4n) is 17.6. The monoisotopic (exact) mass is 2090 g/mol. The van der Waals surface area contributed by atoms with Gasteiger partial charge in [-0.25, -0.2) is 0 Å². The molecule has 0 radical (unpaired) electrons. The molecule has 0 saturated heterocycles. The number of aliphatic hydroxyl groups is 2. The number of aliphatic hydroxyl groups excluding tert-OH is 2. The van der Waals surface area contributed by atoms with Crippen LogP contribution in [0.5, 0.6) is 28.7 Å². The topological polar surface area (TPSA) is 95.8 Å². The summed E-state index contributed by atoms with van der Waals surface area (Å²) in [7, 11) is 0. The molecule has 0 amide bonds. The van der Waals surface area contributed by atoms with Crippen molar-refractivity contribution in [3.63, 3.8) is 0 Å². The quantitative estimate of drug-likeness (QED) is 0.0222. The van der Waals surface area contributed by atoms with E-state index in [0.29, 0.717) is 75.6 Å². The smallest absolute Gasteiger partial charge is 0.119 e. The van der Waals surface area contributed by atoms with Crippen molar-refractivity contribution in [1.29, 1.82) is 0 Å². The van der Waals surface area contributed by atoms with Gasteiger partial charge in [-0.05, 0) is 238 Å². The molecule has 8 nitrogen and oxygen atoms in total. The number of halogens is 6. The Morgan fingerprint density at radius 1 is 0.212 bits per heavy atom. The van der Waals surface area contributed by atoms with Crippen molar-refractivity contribution in [2.45, 2.75) is 57.2 Å². The molecule has 742 valence electrons. The van der Waals surface area contributed by atoms with Crippen LogP contribution in [0.25, 0.3) is 44.6 Å². The van der Waals surface area contributed by atoms with Crippen LogP contribution >= 0.6 is 73.9 Å². The molecule has 146 heavy (non-hydrogen) atoms. The summed E-state index contributed by atoms with van der Waals surface area (Å²) in [5, 5.41) is 18.8. The lowest BCUT2D eigenvalue weighted by Crippen LogP contribution is -2.14. The van der Waals surface area contributed by atoms with E-state index in [2.05, 4.69) is 344 Å². The zero-order valence-corrected chi connectivity index (χ0v) is 87.5. The van der Waals surface area contributed by atoms with E-state index in [0.717, 1.165) is 94.0 Å². The van der Waals surface area contributed by atoms with Crippen molar-refractivity contribution < 1.29 is 38.6 Å². The van der Waals surface area contributed by atoms with Crippen molar-refractivity contribution in [2.75, 3.05) is 81.0 Å². The van der Waals surface area contributed by atoms with E-state index in [1.807, 2.05) is 158 Å². The van der Waals surface area contributed by atoms with Crippen LogP contribution in [-0.4, -0.2) is 91.2 Å². The number of hydrogen-bond acceptors (Lipinski definition) is 8. The van der Waals surface area contributed by atoms with Crippen molar-refractivity contribution in [2.24, 2.45) is 0 Å². The van der Waals surface area contributed by atoms with E-state index in [4.69, 9.17) is 96.6 Å². The van der Waals surface area contributed by atoms with Crippen LogP contribution in [-0.2, 0) is 18.0 Å². The summed E-state index contributed by atoms with van der Waals surface area (Å²) >= 11 is 34.2. The summed E-state index contributed by atoms with van der Waals surface area (Å²) < 4.78 is 34.3. The van der Waals surface area contributed by atoms with Crippen LogP contribution in [0.3, 0.4) is 0 Å². The van der Waals surface area contributed by atoms with E-state index in [-0.39, 0.29) is 25.0 Å². The fourth-order valence-corrected chi connectivity index (χ4v) is 18.9. The lowest BCUT2D eigenvalue weighted by molar-refractivity contribution is 0.0889. The summed E-state index contributed by atoms with van der Waals surface area (Å²) in [6.45, 7) is 3.35. The summed E-state index contributed by atoms with van der Waals surface area (Å²) in [4.78, 5) is 0. The molecule has 17 aromatic rings. The number of ether oxygens (including phenoxy) is 6. The van der Waals surface area contributed by atoms with Crippen molar-refractivity contribution in [3.8, 4) is 28.7 Å². The second-order valence-electron chi connectivity index (χ2n) is 34.0. The predicted octanol–water partition coefficient (Wildman–Crippen LogP) is 34.0. The normalized spacial score (nSPS) is 12.0. The van der Waals surface area contributed by atoms with Gasteiger partial charge in [-0.2, -0.15) is 0 Å². The minimum Gasteiger partial charge on any atom is -0.492 e. The first-order valence-electron chi connectivity index (χ1n) is 49.5. The molecule has 17 aromatic carbocycles. The van der Waals surface area contributed by atoms with E-state index in [1.54, 1.807) is 0 Å². The third-order valence-corrected chi connectivity index (χ3v) is 25.6. The Hall–Kier alpha value is -13.5. The Morgan fingerprint density at radius 3 is 0.740 bits per heavy atom. The Balaban J connectivity index is 0.000000153. The molecule has 0 aliphatic rings. The molecule has 17 rings (SSSR count). The Bertz CT molecular complexity index is 6500. The van der Waals surface area contributed by atoms with Crippen LogP contribution in [0, 0.1) is 0 Å². The van der Waals surface area contributed by atoms with Crippen LogP contribution in [0.4, 0.5) is 0 Å². The molecule has 0 saturated carbocycles. The van der Waals surface area contributed by atoms with Crippen molar-refractivity contribution in [1.82, 2.24) is 0 Å². The third kappa shape index (κ3) is 34.3. The highest BCUT2D eigenvalue weighted by Crippen LogP contribution is 2.44. The van der Waals surface area contributed by atoms with Crippen LogP contribution in [0.15, 0.2) is 485 Å². The van der Waals surface area contributed by atoms with Gasteiger partial charge in [0.1, 0.15) is 61.8 Å². The Labute approximate surface area is 896 Å². The van der Waals surface area contributed by atoms with Crippen molar-refractivity contribution >= 4 is 119 Å². The molecule has 2 N–H and O–H groups in total. The lowest BCUT2D eigenvalue weighted by atomic mass is 9.76. The van der Waals surface area contributed by atoms with Gasteiger partial charge >= 0.3 is 0 Å². The summed E-state index contributed by atoms with van der Waals surface area (Å²) in [6, 6.07) is 167. The summed E-state index contributed by atoms with van der Waals surface area (Å²) in [6.07, 6.45) is 4.19. The lowest BCUT2D eigenvalue weighted by Gasteiger charge is -2.28. The standard InChI is InChI=1S/C31H29ClO2.C29H25ClO.C24H23BrO2.C24H22Cl2O.C24H25ClO2/c32-21-20-30(26-12-6-2-7-13-26)31(27-14-8-3-9-15-27)28-16-18-29(19-17-28)34-23-22-33-24-25-10-4-1-5-11-25;30-21-20-28(24-12-6-2-7-13-24)29(25-14-8-3-9-15-25)26-16-18-27(19-17-26)31-22-23-10-4-1-5-11-23;3*25-16-15-23(19-7-3-1-4-8-19)24(20-9-5-2-6-10-20)21-11-13-22(14-12-21)27-18-17-26/h1-19H,20-24H2;1-19H,20-22H2;1-14,26H,15-18H2;1-14H,15-18H2;1-14,23-24,26H,15-18H2/b31-30-;29-28-;2*24-23-;. The first kappa shape index (κ1) is 110. The van der Waals surface area contributed by atoms with Crippen molar-refractivity contribution in [3.05, 3.63) is 580 Å². The maximum absolute atomic E-state index is 8.94. The molecule has 2 atom stereocenters. The fraction of sp³-hybridized carbons (Fsp3) is 0.167. The average Bonchev–Trinajstić information content (AvgIpc) is 0.817. The number of benzene rings is 17. The van der Waals surface area contributed by atoms with Gasteiger partial charge in [-0.1, -0.05) is 441 Å². The highest BCUT2D eigenvalue weighted by atomic mass is 79.9. The minimum absolute atomic E-state index is 0.0141. The Morgan fingerprint density at radius 2 is 0.452 bits per heavy atom. The van der Waals surface area contributed by atoms with Gasteiger partial charge in [-0.15, -0.1) is 58.0 Å². The molecule has 0 aromatic heterocycles. The zero-order chi connectivity index (χ0) is 101. The van der Waals surface area contributed by atoms with E-state index in [1.165, 1.54) is 111 Å². The number of alkyl halides is 6. The van der Waals surface area contributed by atoms with E-state index < -0.39 is 0 Å². The zero-order valence-electron chi connectivity index (χ0n) is 82.1. The molecule has 14 heteroatoms. The molecule has 0 bridgehead atoms. The second kappa shape index (κ2) is 63.0. The van der Waals surface area contributed by atoms with Gasteiger partial charge < -0.3 is 38.6 Å². The number of rotatable bonds is 44. The van der Waals surface area contributed by atoms with Gasteiger partial charge in [-0.3, -0.25) is 0 Å². The van der Waals surface area contributed by atoms with Gasteiger partial charge in [0.25, 0.3) is 0 Å². The average molecular weight is 2100 g/mol. The van der Waals surface area contributed by atoms with Gasteiger partial charge in [0, 0.05) is 34.8 Å². The summed E-state index contributed by atoms with van der Waals surface area (Å²) in [5.41, 5.74) is 30.2. The number of allylic oxidation sites excluding steroid dienone is 4. The highest BCUT2D eigenvalue weighted by Gasteiger charge is 2.27. The van der Waals surface area contributed by atoms with Crippen LogP contribution in [0.2, 0.25) is 0 Å². The molecule has 0 fully saturated rings. The maximum atomic E-state index is 8.94. The first-order chi connectivity index (χ1) is 72.2. The summed E-state index contributed by atoms with van der Waals surface area (Å²) in [5.74, 6) is 7.33. The highest BCUT2D eigenvalue weighted by molar-refractivity contribution is 9.09.